The second kappa shape index (κ2) is 9.39. The largest absolute Gasteiger partial charge is 0.494 e. The number of fused-ring (bicyclic) bond motifs is 1. The summed E-state index contributed by atoms with van der Waals surface area (Å²) in [5.41, 5.74) is 3.39. The number of amides is 1. The number of carbonyl (C=O) groups excluding carboxylic acids is 1. The first kappa shape index (κ1) is 19.9. The molecule has 1 aromatic heterocycles. The maximum atomic E-state index is 12.7. The summed E-state index contributed by atoms with van der Waals surface area (Å²) in [6.45, 7) is 1.30. The number of rotatable bonds is 8. The highest BCUT2D eigenvalue weighted by molar-refractivity contribution is 7.84. The molecule has 1 unspecified atom stereocenters. The van der Waals surface area contributed by atoms with Crippen molar-refractivity contribution < 1.29 is 13.7 Å². The van der Waals surface area contributed by atoms with Crippen LogP contribution in [0.1, 0.15) is 44.1 Å². The minimum Gasteiger partial charge on any atom is -0.494 e. The number of nitrogens with one attached hydrogen (secondary N) is 1. The van der Waals surface area contributed by atoms with Gasteiger partial charge < -0.3 is 14.6 Å². The molecule has 1 N–H and O–H groups in total. The first-order valence-electron chi connectivity index (χ1n) is 10.3. The first-order chi connectivity index (χ1) is 14.2. The number of hydrogen-bond donors (Lipinski definition) is 1. The number of imidazole rings is 1. The van der Waals surface area contributed by atoms with Crippen LogP contribution in [-0.2, 0) is 28.6 Å². The Kier molecular flexibility index (Phi) is 6.44. The van der Waals surface area contributed by atoms with Crippen LogP contribution in [0.4, 0.5) is 5.69 Å². The summed E-state index contributed by atoms with van der Waals surface area (Å²) in [7, 11) is -1.13. The van der Waals surface area contributed by atoms with E-state index in [0.29, 0.717) is 30.4 Å². The summed E-state index contributed by atoms with van der Waals surface area (Å²) < 4.78 is 20.6. The van der Waals surface area contributed by atoms with Crippen molar-refractivity contribution in [1.29, 1.82) is 0 Å². The molecule has 1 aliphatic heterocycles. The Bertz CT molecular complexity index is 935. The van der Waals surface area contributed by atoms with Gasteiger partial charge in [-0.05, 0) is 62.3 Å². The molecular formula is C22H27N3O3S. The summed E-state index contributed by atoms with van der Waals surface area (Å²) in [5.74, 6) is 1.38. The number of nitrogens with zero attached hydrogens (tertiary/aromatic N) is 2. The number of allylic oxidation sites excluding steroid dienone is 2. The van der Waals surface area contributed by atoms with Crippen LogP contribution in [0.2, 0.25) is 0 Å². The van der Waals surface area contributed by atoms with Gasteiger partial charge in [-0.25, -0.2) is 4.98 Å². The number of carbonyl (C=O) groups is 1. The molecule has 6 nitrogen and oxygen atoms in total. The Morgan fingerprint density at radius 1 is 1.21 bits per heavy atom. The van der Waals surface area contributed by atoms with Crippen molar-refractivity contribution in [1.82, 2.24) is 9.55 Å². The van der Waals surface area contributed by atoms with Crippen LogP contribution < -0.4 is 10.1 Å². The molecule has 0 spiro atoms. The van der Waals surface area contributed by atoms with Gasteiger partial charge in [-0.15, -0.1) is 0 Å². The summed E-state index contributed by atoms with van der Waals surface area (Å²) in [5, 5.41) is 3.53. The van der Waals surface area contributed by atoms with E-state index < -0.39 is 10.8 Å². The third kappa shape index (κ3) is 5.15. The van der Waals surface area contributed by atoms with Gasteiger partial charge in [0, 0.05) is 36.8 Å². The second-order valence-electron chi connectivity index (χ2n) is 7.56. The lowest BCUT2D eigenvalue weighted by Gasteiger charge is -2.17. The quantitative estimate of drug-likeness (QED) is 0.527. The molecule has 0 saturated carbocycles. The van der Waals surface area contributed by atoms with E-state index in [4.69, 9.17) is 4.74 Å². The fourth-order valence-corrected chi connectivity index (χ4v) is 4.94. The Labute approximate surface area is 173 Å². The van der Waals surface area contributed by atoms with Gasteiger partial charge in [0.1, 0.15) is 5.75 Å². The van der Waals surface area contributed by atoms with Gasteiger partial charge in [-0.3, -0.25) is 9.00 Å². The Morgan fingerprint density at radius 3 is 3.00 bits per heavy atom. The van der Waals surface area contributed by atoms with Crippen molar-refractivity contribution in [2.45, 2.75) is 56.6 Å². The molecule has 1 atom stereocenters. The summed E-state index contributed by atoms with van der Waals surface area (Å²) in [4.78, 5) is 15.8. The highest BCUT2D eigenvalue weighted by atomic mass is 32.2. The zero-order valence-electron chi connectivity index (χ0n) is 16.6. The van der Waals surface area contributed by atoms with Gasteiger partial charge in [0.2, 0.25) is 5.91 Å². The van der Waals surface area contributed by atoms with Crippen LogP contribution in [-0.4, -0.2) is 32.0 Å². The average Bonchev–Trinajstić information content (AvgIpc) is 3.20. The highest BCUT2D eigenvalue weighted by Gasteiger charge is 2.16. The lowest BCUT2D eigenvalue weighted by Crippen LogP contribution is -2.18. The summed E-state index contributed by atoms with van der Waals surface area (Å²) >= 11 is 0. The molecule has 7 heteroatoms. The Balaban J connectivity index is 1.26. The molecule has 2 aromatic rings. The van der Waals surface area contributed by atoms with Crippen molar-refractivity contribution in [2.75, 3.05) is 17.7 Å². The number of hydrogen-bond acceptors (Lipinski definition) is 4. The first-order valence-corrected chi connectivity index (χ1v) is 11.6. The molecule has 1 aromatic carbocycles. The van der Waals surface area contributed by atoms with Crippen LogP contribution in [0.15, 0.2) is 47.4 Å². The third-order valence-corrected chi connectivity index (χ3v) is 6.76. The van der Waals surface area contributed by atoms with E-state index in [1.54, 1.807) is 6.20 Å². The van der Waals surface area contributed by atoms with Gasteiger partial charge in [0.15, 0.2) is 5.16 Å². The number of aromatic nitrogens is 2. The van der Waals surface area contributed by atoms with Crippen LogP contribution in [0.3, 0.4) is 0 Å². The number of anilines is 1. The van der Waals surface area contributed by atoms with Gasteiger partial charge >= 0.3 is 0 Å². The van der Waals surface area contributed by atoms with E-state index in [0.717, 1.165) is 42.8 Å². The SMILES string of the molecule is O=C1CCc2cc(OCCCS(=O)c3nccn3CC3=CCCCC3)ccc2N1. The summed E-state index contributed by atoms with van der Waals surface area (Å²) in [6.07, 6.45) is 12.7. The minimum atomic E-state index is -1.13. The Hall–Kier alpha value is -2.41. The minimum absolute atomic E-state index is 0.0618. The van der Waals surface area contributed by atoms with Crippen molar-refractivity contribution >= 4 is 22.4 Å². The van der Waals surface area contributed by atoms with E-state index in [-0.39, 0.29) is 5.91 Å². The van der Waals surface area contributed by atoms with Crippen molar-refractivity contribution in [3.63, 3.8) is 0 Å². The molecule has 0 bridgehead atoms. The molecule has 1 aliphatic carbocycles. The fraction of sp³-hybridized carbons (Fsp3) is 0.455. The van der Waals surface area contributed by atoms with Gasteiger partial charge in [-0.2, -0.15) is 0 Å². The van der Waals surface area contributed by atoms with Gasteiger partial charge in [0.05, 0.1) is 17.4 Å². The second-order valence-corrected chi connectivity index (χ2v) is 9.03. The lowest BCUT2D eigenvalue weighted by atomic mass is 10.00. The fourth-order valence-electron chi connectivity index (χ4n) is 3.81. The van der Waals surface area contributed by atoms with Crippen LogP contribution in [0, 0.1) is 0 Å². The molecule has 29 heavy (non-hydrogen) atoms. The number of aryl methyl sites for hydroxylation is 1. The molecule has 0 fully saturated rings. The topological polar surface area (TPSA) is 73.2 Å². The maximum Gasteiger partial charge on any atom is 0.224 e. The zero-order chi connectivity index (χ0) is 20.1. The van der Waals surface area contributed by atoms with E-state index in [2.05, 4.69) is 16.4 Å². The monoisotopic (exact) mass is 413 g/mol. The van der Waals surface area contributed by atoms with Crippen molar-refractivity contribution in [2.24, 2.45) is 0 Å². The predicted molar refractivity (Wildman–Crippen MR) is 114 cm³/mol. The van der Waals surface area contributed by atoms with Crippen LogP contribution in [0.5, 0.6) is 5.75 Å². The Morgan fingerprint density at radius 2 is 2.14 bits per heavy atom. The van der Waals surface area contributed by atoms with Crippen molar-refractivity contribution in [3.8, 4) is 5.75 Å². The molecule has 154 valence electrons. The maximum absolute atomic E-state index is 12.7. The van der Waals surface area contributed by atoms with E-state index in [1.165, 1.54) is 18.4 Å². The average molecular weight is 414 g/mol. The predicted octanol–water partition coefficient (Wildman–Crippen LogP) is 3.84. The van der Waals surface area contributed by atoms with E-state index in [1.807, 2.05) is 29.0 Å². The van der Waals surface area contributed by atoms with Gasteiger partial charge in [0.25, 0.3) is 0 Å². The van der Waals surface area contributed by atoms with E-state index >= 15 is 0 Å². The highest BCUT2D eigenvalue weighted by Crippen LogP contribution is 2.27. The molecule has 2 heterocycles. The molecule has 1 amide bonds. The number of ether oxygens (including phenoxy) is 1. The number of benzene rings is 1. The third-order valence-electron chi connectivity index (χ3n) is 5.35. The lowest BCUT2D eigenvalue weighted by molar-refractivity contribution is -0.116. The van der Waals surface area contributed by atoms with Gasteiger partial charge in [-0.1, -0.05) is 11.6 Å². The van der Waals surface area contributed by atoms with Crippen LogP contribution >= 0.6 is 0 Å². The molecular weight excluding hydrogens is 386 g/mol. The molecule has 4 rings (SSSR count). The zero-order valence-corrected chi connectivity index (χ0v) is 17.4. The van der Waals surface area contributed by atoms with Crippen LogP contribution in [0.25, 0.3) is 0 Å². The molecule has 2 aliphatic rings. The smallest absolute Gasteiger partial charge is 0.224 e. The normalized spacial score (nSPS) is 17.2. The van der Waals surface area contributed by atoms with Crippen molar-refractivity contribution in [3.05, 3.63) is 47.8 Å². The molecule has 0 saturated heterocycles. The standard InChI is InChI=1S/C22H27N3O3S/c26-21-10-7-18-15-19(8-9-20(18)24-21)28-13-4-14-29(27)22-23-11-12-25(22)16-17-5-2-1-3-6-17/h5,8-9,11-12,15H,1-4,6-7,10,13-14,16H2,(H,24,26). The summed E-state index contributed by atoms with van der Waals surface area (Å²) in [6, 6.07) is 5.74. The van der Waals surface area contributed by atoms with E-state index in [9.17, 15) is 9.00 Å². The molecule has 0 radical (unpaired) electrons.